The highest BCUT2D eigenvalue weighted by Gasteiger charge is 2.17. The van der Waals surface area contributed by atoms with Gasteiger partial charge in [0.2, 0.25) is 0 Å². The summed E-state index contributed by atoms with van der Waals surface area (Å²) in [6, 6.07) is 18.7. The molecule has 0 saturated carbocycles. The third-order valence-electron chi connectivity index (χ3n) is 4.87. The Labute approximate surface area is 168 Å². The molecule has 0 unspecified atom stereocenters. The van der Waals surface area contributed by atoms with Crippen molar-refractivity contribution >= 4 is 22.6 Å². The Morgan fingerprint density at radius 2 is 1.72 bits per heavy atom. The number of ether oxygens (including phenoxy) is 3. The Morgan fingerprint density at radius 1 is 1.00 bits per heavy atom. The third kappa shape index (κ3) is 4.13. The van der Waals surface area contributed by atoms with Gasteiger partial charge in [0.15, 0.2) is 6.29 Å². The van der Waals surface area contributed by atoms with Crippen LogP contribution in [0.1, 0.15) is 20.7 Å². The standard InChI is InChI=1S/C23H21NO5/c1-27-23(26)20-5-3-2-4-19(20)17-8-6-16-13-18(9-7-15(16)12-17)22(25)24-14-21-28-10-11-29-21/h2-9,12-13,21H,10-11,14H2,1H3,(H,24,25). The summed E-state index contributed by atoms with van der Waals surface area (Å²) in [6.45, 7) is 1.43. The number of benzene rings is 3. The lowest BCUT2D eigenvalue weighted by Gasteiger charge is -2.11. The summed E-state index contributed by atoms with van der Waals surface area (Å²) < 4.78 is 15.5. The van der Waals surface area contributed by atoms with Crippen LogP contribution in [0.25, 0.3) is 21.9 Å². The van der Waals surface area contributed by atoms with Gasteiger partial charge in [0.1, 0.15) is 0 Å². The van der Waals surface area contributed by atoms with Crippen molar-refractivity contribution in [1.29, 1.82) is 0 Å². The summed E-state index contributed by atoms with van der Waals surface area (Å²) in [7, 11) is 1.37. The highest BCUT2D eigenvalue weighted by molar-refractivity contribution is 6.01. The van der Waals surface area contributed by atoms with Crippen LogP contribution in [0.2, 0.25) is 0 Å². The summed E-state index contributed by atoms with van der Waals surface area (Å²) >= 11 is 0. The van der Waals surface area contributed by atoms with Crippen LogP contribution in [0.3, 0.4) is 0 Å². The Morgan fingerprint density at radius 3 is 2.52 bits per heavy atom. The molecule has 0 spiro atoms. The second kappa shape index (κ2) is 8.43. The lowest BCUT2D eigenvalue weighted by atomic mass is 9.96. The molecule has 29 heavy (non-hydrogen) atoms. The molecule has 1 N–H and O–H groups in total. The molecule has 0 aromatic heterocycles. The number of carbonyl (C=O) groups is 2. The second-order valence-corrected chi connectivity index (χ2v) is 6.70. The number of hydrogen-bond acceptors (Lipinski definition) is 5. The van der Waals surface area contributed by atoms with Gasteiger partial charge >= 0.3 is 5.97 Å². The Kier molecular flexibility index (Phi) is 5.55. The number of methoxy groups -OCH3 is 1. The predicted molar refractivity (Wildman–Crippen MR) is 109 cm³/mol. The zero-order chi connectivity index (χ0) is 20.2. The van der Waals surface area contributed by atoms with Crippen LogP contribution in [-0.4, -0.2) is 45.0 Å². The normalized spacial score (nSPS) is 14.1. The lowest BCUT2D eigenvalue weighted by molar-refractivity contribution is -0.0379. The molecule has 1 amide bonds. The number of amides is 1. The van der Waals surface area contributed by atoms with E-state index < -0.39 is 0 Å². The first-order chi connectivity index (χ1) is 14.2. The summed E-state index contributed by atoms with van der Waals surface area (Å²) in [5.41, 5.74) is 2.80. The molecule has 6 nitrogen and oxygen atoms in total. The van der Waals surface area contributed by atoms with Crippen LogP contribution in [0.15, 0.2) is 60.7 Å². The number of esters is 1. The molecule has 3 aromatic rings. The van der Waals surface area contributed by atoms with E-state index in [1.807, 2.05) is 48.5 Å². The quantitative estimate of drug-likeness (QED) is 0.675. The molecule has 1 aliphatic heterocycles. The molecule has 0 atom stereocenters. The van der Waals surface area contributed by atoms with Gasteiger partial charge in [0.25, 0.3) is 5.91 Å². The molecule has 0 bridgehead atoms. The monoisotopic (exact) mass is 391 g/mol. The molecule has 1 heterocycles. The molecular weight excluding hydrogens is 370 g/mol. The first-order valence-electron chi connectivity index (χ1n) is 9.38. The van der Waals surface area contributed by atoms with Gasteiger partial charge in [-0.1, -0.05) is 36.4 Å². The highest BCUT2D eigenvalue weighted by Crippen LogP contribution is 2.28. The maximum Gasteiger partial charge on any atom is 0.338 e. The molecule has 0 radical (unpaired) electrons. The first-order valence-corrected chi connectivity index (χ1v) is 9.38. The highest BCUT2D eigenvalue weighted by atomic mass is 16.7. The van der Waals surface area contributed by atoms with Gasteiger partial charge < -0.3 is 19.5 Å². The summed E-state index contributed by atoms with van der Waals surface area (Å²) in [4.78, 5) is 24.5. The average Bonchev–Trinajstić information content (AvgIpc) is 3.30. The number of nitrogens with one attached hydrogen (secondary N) is 1. The van der Waals surface area contributed by atoms with E-state index in [-0.39, 0.29) is 18.2 Å². The molecule has 1 aliphatic rings. The number of fused-ring (bicyclic) bond motifs is 1. The number of carbonyl (C=O) groups excluding carboxylic acids is 2. The van der Waals surface area contributed by atoms with Crippen molar-refractivity contribution < 1.29 is 23.8 Å². The minimum Gasteiger partial charge on any atom is -0.465 e. The molecule has 0 aliphatic carbocycles. The largest absolute Gasteiger partial charge is 0.465 e. The van der Waals surface area contributed by atoms with Gasteiger partial charge in [0.05, 0.1) is 32.4 Å². The third-order valence-corrected chi connectivity index (χ3v) is 4.87. The van der Waals surface area contributed by atoms with Crippen LogP contribution in [0, 0.1) is 0 Å². The predicted octanol–water partition coefficient (Wildman–Crippen LogP) is 3.40. The van der Waals surface area contributed by atoms with Crippen LogP contribution >= 0.6 is 0 Å². The van der Waals surface area contributed by atoms with Crippen LogP contribution in [-0.2, 0) is 14.2 Å². The van der Waals surface area contributed by atoms with Crippen LogP contribution < -0.4 is 5.32 Å². The van der Waals surface area contributed by atoms with Crippen molar-refractivity contribution in [2.75, 3.05) is 26.9 Å². The fourth-order valence-electron chi connectivity index (χ4n) is 3.38. The van der Waals surface area contributed by atoms with E-state index in [0.717, 1.165) is 21.9 Å². The van der Waals surface area contributed by atoms with Crippen LogP contribution in [0.4, 0.5) is 0 Å². The van der Waals surface area contributed by atoms with Crippen molar-refractivity contribution in [2.45, 2.75) is 6.29 Å². The first kappa shape index (κ1) is 19.1. The second-order valence-electron chi connectivity index (χ2n) is 6.70. The minimum absolute atomic E-state index is 0.175. The molecule has 3 aromatic carbocycles. The van der Waals surface area contributed by atoms with E-state index in [1.165, 1.54) is 7.11 Å². The van der Waals surface area contributed by atoms with Crippen molar-refractivity contribution in [3.63, 3.8) is 0 Å². The smallest absolute Gasteiger partial charge is 0.338 e. The van der Waals surface area contributed by atoms with E-state index in [9.17, 15) is 9.59 Å². The van der Waals surface area contributed by atoms with Gasteiger partial charge in [-0.2, -0.15) is 0 Å². The molecular formula is C23H21NO5. The fourth-order valence-corrected chi connectivity index (χ4v) is 3.38. The Hall–Kier alpha value is -3.22. The number of rotatable bonds is 5. The maximum absolute atomic E-state index is 12.4. The summed E-state index contributed by atoms with van der Waals surface area (Å²) in [6.07, 6.45) is -0.378. The van der Waals surface area contributed by atoms with Gasteiger partial charge in [0, 0.05) is 5.56 Å². The molecule has 6 heteroatoms. The SMILES string of the molecule is COC(=O)c1ccccc1-c1ccc2cc(C(=O)NCC3OCCO3)ccc2c1. The fraction of sp³-hybridized carbons (Fsp3) is 0.217. The van der Waals surface area contributed by atoms with Gasteiger partial charge in [-0.05, 0) is 46.2 Å². The van der Waals surface area contributed by atoms with E-state index in [0.29, 0.717) is 30.9 Å². The Bertz CT molecular complexity index is 1060. The average molecular weight is 391 g/mol. The Balaban J connectivity index is 1.58. The molecule has 148 valence electrons. The molecule has 1 saturated heterocycles. The van der Waals surface area contributed by atoms with Crippen molar-refractivity contribution in [2.24, 2.45) is 0 Å². The van der Waals surface area contributed by atoms with Crippen molar-refractivity contribution in [1.82, 2.24) is 5.32 Å². The van der Waals surface area contributed by atoms with Crippen molar-refractivity contribution in [3.8, 4) is 11.1 Å². The van der Waals surface area contributed by atoms with Gasteiger partial charge in [-0.3, -0.25) is 4.79 Å². The topological polar surface area (TPSA) is 73.9 Å². The zero-order valence-electron chi connectivity index (χ0n) is 16.0. The van der Waals surface area contributed by atoms with Gasteiger partial charge in [-0.15, -0.1) is 0 Å². The van der Waals surface area contributed by atoms with E-state index in [1.54, 1.807) is 12.1 Å². The number of hydrogen-bond donors (Lipinski definition) is 1. The molecule has 4 rings (SSSR count). The van der Waals surface area contributed by atoms with E-state index in [4.69, 9.17) is 14.2 Å². The lowest BCUT2D eigenvalue weighted by Crippen LogP contribution is -2.32. The van der Waals surface area contributed by atoms with Crippen molar-refractivity contribution in [3.05, 3.63) is 71.8 Å². The summed E-state index contributed by atoms with van der Waals surface area (Å²) in [5.74, 6) is -0.547. The van der Waals surface area contributed by atoms with Gasteiger partial charge in [-0.25, -0.2) is 4.79 Å². The van der Waals surface area contributed by atoms with E-state index in [2.05, 4.69) is 5.32 Å². The maximum atomic E-state index is 12.4. The summed E-state index contributed by atoms with van der Waals surface area (Å²) in [5, 5.41) is 4.74. The van der Waals surface area contributed by atoms with Crippen LogP contribution in [0.5, 0.6) is 0 Å². The molecule has 1 fully saturated rings. The van der Waals surface area contributed by atoms with E-state index >= 15 is 0 Å². The zero-order valence-corrected chi connectivity index (χ0v) is 16.0. The minimum atomic E-state index is -0.378.